The molecule has 0 aliphatic carbocycles. The molecule has 10 heteroatoms. The number of hydrogen-bond donors (Lipinski definition) is 3. The number of H-pyrrole nitrogens is 1. The average Bonchev–Trinajstić information content (AvgIpc) is 2.67. The number of nitriles is 1. The third-order valence-corrected chi connectivity index (χ3v) is 4.77. The van der Waals surface area contributed by atoms with E-state index in [0.717, 1.165) is 0 Å². The standard InChI is InChI=1S/C18H15N5O4S/c1-27-13-6-2-11(3-7-13)16-15(10-19)17(24)23-18(22-16)21-12-4-8-14(9-5-12)28(20,25)26/h2-9H,1H3,(H2,20,25,26)(H2,21,22,23,24). The minimum atomic E-state index is -3.80. The number of rotatable bonds is 5. The molecule has 0 amide bonds. The molecule has 0 aliphatic heterocycles. The summed E-state index contributed by atoms with van der Waals surface area (Å²) in [7, 11) is -2.27. The number of nitrogens with zero attached hydrogens (tertiary/aromatic N) is 2. The second kappa shape index (κ2) is 7.51. The molecule has 3 rings (SSSR count). The molecule has 1 heterocycles. The third-order valence-electron chi connectivity index (χ3n) is 3.84. The molecule has 0 radical (unpaired) electrons. The van der Waals surface area contributed by atoms with Crippen LogP contribution >= 0.6 is 0 Å². The summed E-state index contributed by atoms with van der Waals surface area (Å²) in [4.78, 5) is 19.1. The molecular weight excluding hydrogens is 382 g/mol. The largest absolute Gasteiger partial charge is 0.497 e. The van der Waals surface area contributed by atoms with Crippen molar-refractivity contribution in [3.05, 3.63) is 64.4 Å². The van der Waals surface area contributed by atoms with Gasteiger partial charge in [-0.05, 0) is 48.5 Å². The van der Waals surface area contributed by atoms with Crippen LogP contribution in [-0.4, -0.2) is 25.5 Å². The quantitative estimate of drug-likeness (QED) is 0.593. The maximum atomic E-state index is 12.3. The van der Waals surface area contributed by atoms with Crippen molar-refractivity contribution in [2.45, 2.75) is 4.90 Å². The van der Waals surface area contributed by atoms with Crippen molar-refractivity contribution in [1.82, 2.24) is 9.97 Å². The van der Waals surface area contributed by atoms with Crippen LogP contribution in [0.5, 0.6) is 5.75 Å². The van der Waals surface area contributed by atoms with Gasteiger partial charge in [-0.3, -0.25) is 9.78 Å². The zero-order valence-electron chi connectivity index (χ0n) is 14.6. The Morgan fingerprint density at radius 1 is 1.14 bits per heavy atom. The molecule has 0 atom stereocenters. The number of primary sulfonamides is 1. The number of anilines is 2. The van der Waals surface area contributed by atoms with Gasteiger partial charge in [-0.15, -0.1) is 0 Å². The fraction of sp³-hybridized carbons (Fsp3) is 0.0556. The van der Waals surface area contributed by atoms with Crippen LogP contribution in [0, 0.1) is 11.3 Å². The first kappa shape index (κ1) is 19.1. The van der Waals surface area contributed by atoms with Crippen molar-refractivity contribution in [1.29, 1.82) is 5.26 Å². The number of nitrogens with two attached hydrogens (primary N) is 1. The number of benzene rings is 2. The van der Waals surface area contributed by atoms with E-state index in [1.54, 1.807) is 24.3 Å². The molecule has 9 nitrogen and oxygen atoms in total. The first-order valence-electron chi connectivity index (χ1n) is 7.90. The van der Waals surface area contributed by atoms with Crippen molar-refractivity contribution in [3.8, 4) is 23.1 Å². The zero-order chi connectivity index (χ0) is 20.3. The first-order chi connectivity index (χ1) is 13.3. The first-order valence-corrected chi connectivity index (χ1v) is 9.45. The number of ether oxygens (including phenoxy) is 1. The molecule has 0 aliphatic rings. The van der Waals surface area contributed by atoms with Gasteiger partial charge in [-0.1, -0.05) is 0 Å². The summed E-state index contributed by atoms with van der Waals surface area (Å²) in [5, 5.41) is 17.3. The van der Waals surface area contributed by atoms with Gasteiger partial charge in [0, 0.05) is 11.3 Å². The highest BCUT2D eigenvalue weighted by molar-refractivity contribution is 7.89. The van der Waals surface area contributed by atoms with E-state index in [0.29, 0.717) is 17.0 Å². The number of aromatic nitrogens is 2. The molecule has 0 spiro atoms. The molecule has 0 saturated heterocycles. The molecule has 0 bridgehead atoms. The van der Waals surface area contributed by atoms with Crippen LogP contribution in [0.3, 0.4) is 0 Å². The van der Waals surface area contributed by atoms with Crippen LogP contribution < -0.4 is 20.8 Å². The predicted octanol–water partition coefficient (Wildman–Crippen LogP) is 1.71. The van der Waals surface area contributed by atoms with Crippen LogP contribution in [0.15, 0.2) is 58.2 Å². The Morgan fingerprint density at radius 2 is 1.79 bits per heavy atom. The monoisotopic (exact) mass is 397 g/mol. The van der Waals surface area contributed by atoms with Gasteiger partial charge >= 0.3 is 0 Å². The maximum Gasteiger partial charge on any atom is 0.270 e. The van der Waals surface area contributed by atoms with Gasteiger partial charge in [-0.2, -0.15) is 5.26 Å². The lowest BCUT2D eigenvalue weighted by atomic mass is 10.1. The van der Waals surface area contributed by atoms with Crippen LogP contribution in [0.1, 0.15) is 5.56 Å². The van der Waals surface area contributed by atoms with Crippen molar-refractivity contribution >= 4 is 21.7 Å². The van der Waals surface area contributed by atoms with E-state index in [9.17, 15) is 18.5 Å². The number of sulfonamides is 1. The summed E-state index contributed by atoms with van der Waals surface area (Å²) in [6, 6.07) is 14.2. The lowest BCUT2D eigenvalue weighted by Gasteiger charge is -2.09. The second-order valence-electron chi connectivity index (χ2n) is 5.67. The lowest BCUT2D eigenvalue weighted by Crippen LogP contribution is -2.16. The molecule has 0 unspecified atom stereocenters. The van der Waals surface area contributed by atoms with E-state index in [1.807, 2.05) is 6.07 Å². The summed E-state index contributed by atoms with van der Waals surface area (Å²) >= 11 is 0. The Labute approximate surface area is 160 Å². The minimum absolute atomic E-state index is 0.0433. The van der Waals surface area contributed by atoms with E-state index in [-0.39, 0.29) is 22.1 Å². The highest BCUT2D eigenvalue weighted by atomic mass is 32.2. The van der Waals surface area contributed by atoms with E-state index in [2.05, 4.69) is 15.3 Å². The molecule has 3 aromatic rings. The van der Waals surface area contributed by atoms with Crippen molar-refractivity contribution in [3.63, 3.8) is 0 Å². The summed E-state index contributed by atoms with van der Waals surface area (Å²) in [5.41, 5.74) is 0.516. The fourth-order valence-electron chi connectivity index (χ4n) is 2.46. The van der Waals surface area contributed by atoms with Crippen LogP contribution in [0.2, 0.25) is 0 Å². The normalized spacial score (nSPS) is 10.9. The molecule has 4 N–H and O–H groups in total. The van der Waals surface area contributed by atoms with Crippen molar-refractivity contribution < 1.29 is 13.2 Å². The summed E-state index contributed by atoms with van der Waals surface area (Å²) < 4.78 is 27.8. The Balaban J connectivity index is 2.00. The minimum Gasteiger partial charge on any atom is -0.497 e. The summed E-state index contributed by atoms with van der Waals surface area (Å²) in [5.74, 6) is 0.721. The number of aromatic amines is 1. The SMILES string of the molecule is COc1ccc(-c2nc(Nc3ccc(S(N)(=O)=O)cc3)[nH]c(=O)c2C#N)cc1. The summed E-state index contributed by atoms with van der Waals surface area (Å²) in [6.45, 7) is 0. The van der Waals surface area contributed by atoms with Gasteiger partial charge in [0.15, 0.2) is 0 Å². The van der Waals surface area contributed by atoms with Gasteiger partial charge < -0.3 is 10.1 Å². The van der Waals surface area contributed by atoms with Gasteiger partial charge in [0.25, 0.3) is 5.56 Å². The Morgan fingerprint density at radius 3 is 2.32 bits per heavy atom. The smallest absolute Gasteiger partial charge is 0.270 e. The molecule has 1 aromatic heterocycles. The van der Waals surface area contributed by atoms with E-state index < -0.39 is 15.6 Å². The maximum absolute atomic E-state index is 12.3. The number of nitrogens with one attached hydrogen (secondary N) is 2. The highest BCUT2D eigenvalue weighted by Crippen LogP contribution is 2.24. The zero-order valence-corrected chi connectivity index (χ0v) is 15.4. The molecule has 0 fully saturated rings. The van der Waals surface area contributed by atoms with E-state index in [4.69, 9.17) is 9.88 Å². The Hall–Kier alpha value is -3.68. The van der Waals surface area contributed by atoms with Crippen molar-refractivity contribution in [2.24, 2.45) is 5.14 Å². The number of hydrogen-bond acceptors (Lipinski definition) is 7. The van der Waals surface area contributed by atoms with E-state index in [1.165, 1.54) is 31.4 Å². The van der Waals surface area contributed by atoms with E-state index >= 15 is 0 Å². The van der Waals surface area contributed by atoms with Gasteiger partial charge in [0.2, 0.25) is 16.0 Å². The fourth-order valence-corrected chi connectivity index (χ4v) is 2.97. The van der Waals surface area contributed by atoms with Crippen molar-refractivity contribution in [2.75, 3.05) is 12.4 Å². The number of methoxy groups -OCH3 is 1. The molecule has 142 valence electrons. The lowest BCUT2D eigenvalue weighted by molar-refractivity contribution is 0.415. The van der Waals surface area contributed by atoms with Gasteiger partial charge in [0.05, 0.1) is 17.7 Å². The molecule has 2 aromatic carbocycles. The average molecular weight is 397 g/mol. The van der Waals surface area contributed by atoms with Gasteiger partial charge in [-0.25, -0.2) is 18.5 Å². The highest BCUT2D eigenvalue weighted by Gasteiger charge is 2.14. The molecular formula is C18H15N5O4S. The topological polar surface area (TPSA) is 151 Å². The molecule has 0 saturated carbocycles. The van der Waals surface area contributed by atoms with Gasteiger partial charge in [0.1, 0.15) is 17.4 Å². The second-order valence-corrected chi connectivity index (χ2v) is 7.23. The third kappa shape index (κ3) is 4.01. The Bertz CT molecular complexity index is 1210. The molecule has 28 heavy (non-hydrogen) atoms. The van der Waals surface area contributed by atoms with Crippen LogP contribution in [0.4, 0.5) is 11.6 Å². The predicted molar refractivity (Wildman–Crippen MR) is 103 cm³/mol. The van der Waals surface area contributed by atoms with Crippen LogP contribution in [0.25, 0.3) is 11.3 Å². The summed E-state index contributed by atoms with van der Waals surface area (Å²) in [6.07, 6.45) is 0. The Kier molecular flexibility index (Phi) is 5.12. The van der Waals surface area contributed by atoms with Crippen LogP contribution in [-0.2, 0) is 10.0 Å².